The minimum atomic E-state index is -1.27. The summed E-state index contributed by atoms with van der Waals surface area (Å²) in [5.41, 5.74) is 12.9. The molecule has 0 aliphatic carbocycles. The number of fused-ring (bicyclic) bond motifs is 1. The van der Waals surface area contributed by atoms with Crippen LogP contribution in [0.15, 0.2) is 18.2 Å². The molecule has 102 valence electrons. The molecule has 6 N–H and O–H groups in total. The van der Waals surface area contributed by atoms with Crippen molar-refractivity contribution >= 4 is 17.6 Å². The maximum atomic E-state index is 11.0. The summed E-state index contributed by atoms with van der Waals surface area (Å²) in [7, 11) is 0. The number of carboxylic acids is 1. The van der Waals surface area contributed by atoms with E-state index in [1.54, 1.807) is 4.90 Å². The summed E-state index contributed by atoms with van der Waals surface area (Å²) in [5.74, 6) is -0.987. The summed E-state index contributed by atoms with van der Waals surface area (Å²) in [6.07, 6.45) is 1.08. The molecule has 1 heterocycles. The highest BCUT2D eigenvalue weighted by Crippen LogP contribution is 2.29. The van der Waals surface area contributed by atoms with E-state index in [1.165, 1.54) is 6.92 Å². The van der Waals surface area contributed by atoms with Crippen LogP contribution < -0.4 is 16.4 Å². The Labute approximate surface area is 111 Å². The number of anilines is 1. The number of hydrogen-bond acceptors (Lipinski definition) is 3. The molecule has 0 spiro atoms. The van der Waals surface area contributed by atoms with Crippen LogP contribution in [-0.2, 0) is 17.6 Å². The highest BCUT2D eigenvalue weighted by molar-refractivity contribution is 5.94. The molecule has 0 radical (unpaired) electrons. The topological polar surface area (TPSA) is 116 Å². The number of nitrogens with zero attached hydrogens (tertiary/aromatic N) is 1. The summed E-state index contributed by atoms with van der Waals surface area (Å²) in [6, 6.07) is 5.66. The zero-order chi connectivity index (χ0) is 14.2. The van der Waals surface area contributed by atoms with Gasteiger partial charge in [0.2, 0.25) is 0 Å². The fourth-order valence-electron chi connectivity index (χ4n) is 2.31. The molecule has 0 saturated carbocycles. The monoisotopic (exact) mass is 262 g/mol. The highest BCUT2D eigenvalue weighted by atomic mass is 16.4. The Hall–Kier alpha value is -2.08. The van der Waals surface area contributed by atoms with Crippen molar-refractivity contribution in [2.75, 3.05) is 11.4 Å². The average molecular weight is 262 g/mol. The molecule has 0 amide bonds. The van der Waals surface area contributed by atoms with E-state index in [4.69, 9.17) is 22.0 Å². The zero-order valence-electron chi connectivity index (χ0n) is 10.8. The maximum Gasteiger partial charge on any atom is 0.323 e. The first-order chi connectivity index (χ1) is 8.81. The zero-order valence-corrected chi connectivity index (χ0v) is 10.8. The summed E-state index contributed by atoms with van der Waals surface area (Å²) < 4.78 is 0. The SMILES string of the molecule is C[C@](N)(Cc1ccc2c(c1)CCN2C(=N)N)C(=O)O. The van der Waals surface area contributed by atoms with Crippen LogP contribution in [0, 0.1) is 5.41 Å². The van der Waals surface area contributed by atoms with Gasteiger partial charge in [-0.25, -0.2) is 0 Å². The Balaban J connectivity index is 2.24. The van der Waals surface area contributed by atoms with Crippen LogP contribution in [0.25, 0.3) is 0 Å². The van der Waals surface area contributed by atoms with Crippen LogP contribution in [-0.4, -0.2) is 29.1 Å². The molecule has 1 atom stereocenters. The lowest BCUT2D eigenvalue weighted by Crippen LogP contribution is -2.46. The average Bonchev–Trinajstić information content (AvgIpc) is 2.71. The lowest BCUT2D eigenvalue weighted by Gasteiger charge is -2.20. The van der Waals surface area contributed by atoms with E-state index in [1.807, 2.05) is 18.2 Å². The van der Waals surface area contributed by atoms with Gasteiger partial charge in [-0.05, 0) is 30.5 Å². The molecule has 0 aromatic heterocycles. The molecule has 2 rings (SSSR count). The van der Waals surface area contributed by atoms with Gasteiger partial charge < -0.3 is 21.5 Å². The second-order valence-corrected chi connectivity index (χ2v) is 5.15. The van der Waals surface area contributed by atoms with E-state index in [0.717, 1.165) is 23.2 Å². The minimum Gasteiger partial charge on any atom is -0.480 e. The lowest BCUT2D eigenvalue weighted by molar-refractivity contribution is -0.142. The van der Waals surface area contributed by atoms with Crippen molar-refractivity contribution in [3.63, 3.8) is 0 Å². The number of aliphatic carboxylic acids is 1. The third-order valence-corrected chi connectivity index (χ3v) is 3.39. The van der Waals surface area contributed by atoms with Crippen molar-refractivity contribution < 1.29 is 9.90 Å². The summed E-state index contributed by atoms with van der Waals surface area (Å²) >= 11 is 0. The van der Waals surface area contributed by atoms with Crippen LogP contribution in [0.1, 0.15) is 18.1 Å². The molecule has 19 heavy (non-hydrogen) atoms. The van der Waals surface area contributed by atoms with Gasteiger partial charge in [-0.2, -0.15) is 0 Å². The minimum absolute atomic E-state index is 0.0284. The second kappa shape index (κ2) is 4.55. The van der Waals surface area contributed by atoms with Crippen molar-refractivity contribution in [1.82, 2.24) is 0 Å². The van der Waals surface area contributed by atoms with Crippen molar-refractivity contribution in [2.24, 2.45) is 11.5 Å². The van der Waals surface area contributed by atoms with Gasteiger partial charge >= 0.3 is 5.97 Å². The van der Waals surface area contributed by atoms with E-state index < -0.39 is 11.5 Å². The van der Waals surface area contributed by atoms with Gasteiger partial charge in [0.1, 0.15) is 5.54 Å². The number of rotatable bonds is 3. The summed E-state index contributed by atoms with van der Waals surface area (Å²) in [4.78, 5) is 12.8. The first-order valence-corrected chi connectivity index (χ1v) is 6.07. The third-order valence-electron chi connectivity index (χ3n) is 3.39. The van der Waals surface area contributed by atoms with Crippen molar-refractivity contribution in [1.29, 1.82) is 5.41 Å². The van der Waals surface area contributed by atoms with Crippen molar-refractivity contribution in [2.45, 2.75) is 25.3 Å². The Morgan fingerprint density at radius 3 is 2.84 bits per heavy atom. The second-order valence-electron chi connectivity index (χ2n) is 5.15. The van der Waals surface area contributed by atoms with Crippen LogP contribution in [0.5, 0.6) is 0 Å². The van der Waals surface area contributed by atoms with Gasteiger partial charge in [-0.1, -0.05) is 12.1 Å². The van der Waals surface area contributed by atoms with Gasteiger partial charge in [0.05, 0.1) is 0 Å². The normalized spacial score (nSPS) is 16.8. The van der Waals surface area contributed by atoms with Crippen LogP contribution in [0.3, 0.4) is 0 Å². The Morgan fingerprint density at radius 2 is 2.26 bits per heavy atom. The molecule has 1 aromatic rings. The van der Waals surface area contributed by atoms with Gasteiger partial charge in [0, 0.05) is 18.7 Å². The summed E-state index contributed by atoms with van der Waals surface area (Å²) in [5, 5.41) is 16.5. The number of nitrogens with two attached hydrogens (primary N) is 2. The number of hydrogen-bond donors (Lipinski definition) is 4. The van der Waals surface area contributed by atoms with Gasteiger partial charge in [-0.3, -0.25) is 10.2 Å². The van der Waals surface area contributed by atoms with Gasteiger partial charge in [-0.15, -0.1) is 0 Å². The van der Waals surface area contributed by atoms with Gasteiger partial charge in [0.25, 0.3) is 0 Å². The first kappa shape index (κ1) is 13.4. The Bertz CT molecular complexity index is 539. The summed E-state index contributed by atoms with van der Waals surface area (Å²) in [6.45, 7) is 2.19. The molecular weight excluding hydrogens is 244 g/mol. The van der Waals surface area contributed by atoms with Crippen LogP contribution in [0.2, 0.25) is 0 Å². The lowest BCUT2D eigenvalue weighted by atomic mass is 9.93. The molecule has 1 aliphatic rings. The van der Waals surface area contributed by atoms with E-state index >= 15 is 0 Å². The predicted molar refractivity (Wildman–Crippen MR) is 73.3 cm³/mol. The fraction of sp³-hybridized carbons (Fsp3) is 0.385. The molecular formula is C13H18N4O2. The molecule has 0 saturated heterocycles. The molecule has 0 bridgehead atoms. The first-order valence-electron chi connectivity index (χ1n) is 6.07. The Kier molecular flexibility index (Phi) is 3.20. The molecule has 1 aromatic carbocycles. The largest absolute Gasteiger partial charge is 0.480 e. The fourth-order valence-corrected chi connectivity index (χ4v) is 2.31. The van der Waals surface area contributed by atoms with Crippen molar-refractivity contribution in [3.05, 3.63) is 29.3 Å². The van der Waals surface area contributed by atoms with E-state index in [2.05, 4.69) is 0 Å². The standard InChI is InChI=1S/C13H18N4O2/c1-13(16,11(18)19)7-8-2-3-10-9(6-8)4-5-17(10)12(14)15/h2-3,6H,4-5,7,16H2,1H3,(H3,14,15)(H,18,19)/t13-/m0/s1. The number of guanidine groups is 1. The number of carboxylic acid groups (broad SMARTS) is 1. The van der Waals surface area contributed by atoms with Crippen LogP contribution >= 0.6 is 0 Å². The predicted octanol–water partition coefficient (Wildman–Crippen LogP) is 0.287. The van der Waals surface area contributed by atoms with Crippen molar-refractivity contribution in [3.8, 4) is 0 Å². The number of nitrogens with one attached hydrogen (secondary N) is 1. The molecule has 6 heteroatoms. The molecule has 1 aliphatic heterocycles. The molecule has 6 nitrogen and oxygen atoms in total. The highest BCUT2D eigenvalue weighted by Gasteiger charge is 2.29. The quantitative estimate of drug-likeness (QED) is 0.461. The number of carbonyl (C=O) groups is 1. The van der Waals surface area contributed by atoms with Gasteiger partial charge in [0.15, 0.2) is 5.96 Å². The van der Waals surface area contributed by atoms with E-state index in [0.29, 0.717) is 6.54 Å². The van der Waals surface area contributed by atoms with E-state index in [9.17, 15) is 4.79 Å². The number of benzene rings is 1. The smallest absolute Gasteiger partial charge is 0.323 e. The third kappa shape index (κ3) is 2.53. The van der Waals surface area contributed by atoms with E-state index in [-0.39, 0.29) is 12.4 Å². The Morgan fingerprint density at radius 1 is 1.58 bits per heavy atom. The maximum absolute atomic E-state index is 11.0. The molecule has 0 unspecified atom stereocenters. The molecule has 0 fully saturated rings. The van der Waals surface area contributed by atoms with Crippen LogP contribution in [0.4, 0.5) is 5.69 Å².